The van der Waals surface area contributed by atoms with Crippen molar-refractivity contribution in [2.45, 2.75) is 44.2 Å². The fourth-order valence-corrected chi connectivity index (χ4v) is 4.73. The topological polar surface area (TPSA) is 49.4 Å². The molecule has 0 saturated heterocycles. The summed E-state index contributed by atoms with van der Waals surface area (Å²) in [5.41, 5.74) is 3.59. The highest BCUT2D eigenvalue weighted by Crippen LogP contribution is 2.31. The molecule has 1 saturated carbocycles. The molecule has 1 aliphatic carbocycles. The summed E-state index contributed by atoms with van der Waals surface area (Å²) in [5.74, 6) is 1.06. The molecular formula is C19H25N3OS. The summed E-state index contributed by atoms with van der Waals surface area (Å²) in [6.07, 6.45) is 6.27. The average molecular weight is 343 g/mol. The van der Waals surface area contributed by atoms with Gasteiger partial charge in [0.25, 0.3) is 0 Å². The third-order valence-electron chi connectivity index (χ3n) is 4.97. The van der Waals surface area contributed by atoms with Gasteiger partial charge in [0, 0.05) is 30.9 Å². The van der Waals surface area contributed by atoms with E-state index >= 15 is 0 Å². The summed E-state index contributed by atoms with van der Waals surface area (Å²) in [4.78, 5) is 8.48. The predicted octanol–water partition coefficient (Wildman–Crippen LogP) is 4.42. The minimum absolute atomic E-state index is 0.382. The van der Waals surface area contributed by atoms with Crippen molar-refractivity contribution in [3.63, 3.8) is 0 Å². The van der Waals surface area contributed by atoms with Crippen LogP contribution in [0.1, 0.15) is 37.8 Å². The highest BCUT2D eigenvalue weighted by molar-refractivity contribution is 8.14. The first-order valence-corrected chi connectivity index (χ1v) is 9.90. The van der Waals surface area contributed by atoms with Gasteiger partial charge >= 0.3 is 0 Å². The van der Waals surface area contributed by atoms with Gasteiger partial charge in [-0.25, -0.2) is 0 Å². The van der Waals surface area contributed by atoms with E-state index in [1.54, 1.807) is 7.11 Å². The molecule has 0 radical (unpaired) electrons. The quantitative estimate of drug-likeness (QED) is 0.816. The molecule has 1 aliphatic heterocycles. The van der Waals surface area contributed by atoms with Crippen LogP contribution in [0.2, 0.25) is 0 Å². The molecule has 1 fully saturated rings. The molecule has 0 spiro atoms. The highest BCUT2D eigenvalue weighted by atomic mass is 32.2. The fourth-order valence-electron chi connectivity index (χ4n) is 3.65. The van der Waals surface area contributed by atoms with Gasteiger partial charge in [0.05, 0.1) is 22.9 Å². The number of fused-ring (bicyclic) bond motifs is 1. The van der Waals surface area contributed by atoms with Crippen LogP contribution in [0, 0.1) is 0 Å². The number of hydrogen-bond donors (Lipinski definition) is 2. The Kier molecular flexibility index (Phi) is 4.81. The number of rotatable bonds is 6. The van der Waals surface area contributed by atoms with Crippen LogP contribution in [0.25, 0.3) is 10.9 Å². The Morgan fingerprint density at radius 3 is 3.04 bits per heavy atom. The van der Waals surface area contributed by atoms with Gasteiger partial charge in [-0.1, -0.05) is 25.0 Å². The lowest BCUT2D eigenvalue weighted by molar-refractivity contribution is 0.190. The molecule has 24 heavy (non-hydrogen) atoms. The number of anilines is 1. The van der Waals surface area contributed by atoms with Crippen molar-refractivity contribution in [3.8, 4) is 0 Å². The first-order valence-electron chi connectivity index (χ1n) is 8.91. The number of benzene rings is 1. The van der Waals surface area contributed by atoms with E-state index in [2.05, 4.69) is 34.6 Å². The van der Waals surface area contributed by atoms with E-state index in [9.17, 15) is 0 Å². The van der Waals surface area contributed by atoms with Crippen LogP contribution in [0.3, 0.4) is 0 Å². The minimum Gasteiger partial charge on any atom is -0.385 e. The standard InChI is InChI=1S/C19H25N3OS/c1-23-10-9-15-12-24-19(21-15)17-11-13-5-4-8-16(18(13)22-17)20-14-6-2-3-7-14/h4-5,8,11,14-15,20,22H,2-3,6-7,9-10,12H2,1H3. The van der Waals surface area contributed by atoms with Gasteiger partial charge in [-0.15, -0.1) is 11.8 Å². The smallest absolute Gasteiger partial charge is 0.114 e. The van der Waals surface area contributed by atoms with Crippen molar-refractivity contribution in [2.24, 2.45) is 4.99 Å². The van der Waals surface area contributed by atoms with E-state index in [4.69, 9.17) is 9.73 Å². The zero-order valence-corrected chi connectivity index (χ0v) is 15.0. The SMILES string of the molecule is COCCC1CSC(c2cc3cccc(NC4CCCC4)c3[nH]2)=N1. The number of ether oxygens (including phenoxy) is 1. The number of nitrogens with zero attached hydrogens (tertiary/aromatic N) is 1. The number of methoxy groups -OCH3 is 1. The lowest BCUT2D eigenvalue weighted by atomic mass is 10.2. The molecule has 2 heterocycles. The third kappa shape index (κ3) is 3.33. The highest BCUT2D eigenvalue weighted by Gasteiger charge is 2.21. The maximum Gasteiger partial charge on any atom is 0.114 e. The number of hydrogen-bond acceptors (Lipinski definition) is 4. The second-order valence-electron chi connectivity index (χ2n) is 6.76. The molecule has 2 aliphatic rings. The van der Waals surface area contributed by atoms with E-state index in [0.29, 0.717) is 12.1 Å². The van der Waals surface area contributed by atoms with Crippen molar-refractivity contribution in [3.05, 3.63) is 30.0 Å². The lowest BCUT2D eigenvalue weighted by Crippen LogP contribution is -2.14. The van der Waals surface area contributed by atoms with Gasteiger partial charge in [-0.2, -0.15) is 0 Å². The Labute approximate surface area is 147 Å². The molecule has 128 valence electrons. The molecule has 0 amide bonds. The molecule has 4 rings (SSSR count). The zero-order chi connectivity index (χ0) is 16.4. The molecule has 2 N–H and O–H groups in total. The summed E-state index contributed by atoms with van der Waals surface area (Å²) in [6.45, 7) is 0.782. The minimum atomic E-state index is 0.382. The summed E-state index contributed by atoms with van der Waals surface area (Å²) in [7, 11) is 1.75. The van der Waals surface area contributed by atoms with Crippen LogP contribution < -0.4 is 5.32 Å². The first-order chi connectivity index (χ1) is 11.8. The van der Waals surface area contributed by atoms with Crippen molar-refractivity contribution in [1.29, 1.82) is 0 Å². The Hall–Kier alpha value is -1.46. The number of aromatic nitrogens is 1. The average Bonchev–Trinajstić information content (AvgIpc) is 3.33. The lowest BCUT2D eigenvalue weighted by Gasteiger charge is -2.14. The zero-order valence-electron chi connectivity index (χ0n) is 14.2. The number of aromatic amines is 1. The number of para-hydroxylation sites is 1. The van der Waals surface area contributed by atoms with Crippen molar-refractivity contribution in [2.75, 3.05) is 24.8 Å². The molecule has 1 aromatic heterocycles. The van der Waals surface area contributed by atoms with Gasteiger partial charge in [0.2, 0.25) is 0 Å². The summed E-state index contributed by atoms with van der Waals surface area (Å²) in [5, 5.41) is 6.13. The van der Waals surface area contributed by atoms with Crippen molar-refractivity contribution >= 4 is 33.4 Å². The third-order valence-corrected chi connectivity index (χ3v) is 6.12. The van der Waals surface area contributed by atoms with E-state index in [1.807, 2.05) is 11.8 Å². The van der Waals surface area contributed by atoms with Crippen molar-refractivity contribution in [1.82, 2.24) is 4.98 Å². The van der Waals surface area contributed by atoms with Gasteiger partial charge in [0.1, 0.15) is 5.04 Å². The molecule has 1 unspecified atom stereocenters. The van der Waals surface area contributed by atoms with Crippen LogP contribution in [-0.2, 0) is 4.74 Å². The molecule has 1 aromatic carbocycles. The van der Waals surface area contributed by atoms with Crippen LogP contribution in [0.5, 0.6) is 0 Å². The first kappa shape index (κ1) is 16.0. The van der Waals surface area contributed by atoms with E-state index in [0.717, 1.165) is 29.5 Å². The number of nitrogens with one attached hydrogen (secondary N) is 2. The van der Waals surface area contributed by atoms with Crippen molar-refractivity contribution < 1.29 is 4.74 Å². The summed E-state index contributed by atoms with van der Waals surface area (Å²) >= 11 is 1.85. The molecule has 2 aromatic rings. The normalized spacial score (nSPS) is 21.5. The van der Waals surface area contributed by atoms with E-state index in [1.165, 1.54) is 42.3 Å². The van der Waals surface area contributed by atoms with Gasteiger partial charge < -0.3 is 15.0 Å². The van der Waals surface area contributed by atoms with Gasteiger partial charge in [-0.05, 0) is 31.4 Å². The molecule has 0 bridgehead atoms. The van der Waals surface area contributed by atoms with E-state index < -0.39 is 0 Å². The maximum absolute atomic E-state index is 5.18. The van der Waals surface area contributed by atoms with Crippen LogP contribution in [0.15, 0.2) is 29.3 Å². The number of H-pyrrole nitrogens is 1. The van der Waals surface area contributed by atoms with Crippen LogP contribution in [0.4, 0.5) is 5.69 Å². The van der Waals surface area contributed by atoms with Gasteiger partial charge in [0.15, 0.2) is 0 Å². The number of aliphatic imine (C=N–C) groups is 1. The Balaban J connectivity index is 1.57. The predicted molar refractivity (Wildman–Crippen MR) is 103 cm³/mol. The summed E-state index contributed by atoms with van der Waals surface area (Å²) < 4.78 is 5.18. The second-order valence-corrected chi connectivity index (χ2v) is 7.77. The Morgan fingerprint density at radius 2 is 2.21 bits per heavy atom. The Morgan fingerprint density at radius 1 is 1.33 bits per heavy atom. The van der Waals surface area contributed by atoms with Crippen LogP contribution in [-0.4, -0.2) is 41.6 Å². The second kappa shape index (κ2) is 7.19. The fraction of sp³-hybridized carbons (Fsp3) is 0.526. The Bertz CT molecular complexity index is 733. The largest absolute Gasteiger partial charge is 0.385 e. The molecule has 4 nitrogen and oxygen atoms in total. The molecular weight excluding hydrogens is 318 g/mol. The van der Waals surface area contributed by atoms with E-state index in [-0.39, 0.29) is 0 Å². The van der Waals surface area contributed by atoms with Gasteiger partial charge in [-0.3, -0.25) is 4.99 Å². The van der Waals surface area contributed by atoms with Crippen LogP contribution >= 0.6 is 11.8 Å². The number of thioether (sulfide) groups is 1. The summed E-state index contributed by atoms with van der Waals surface area (Å²) in [6, 6.07) is 9.75. The molecule has 5 heteroatoms. The molecule has 1 atom stereocenters. The monoisotopic (exact) mass is 343 g/mol. The maximum atomic E-state index is 5.18.